The summed E-state index contributed by atoms with van der Waals surface area (Å²) < 4.78 is 23.7. The normalized spacial score (nSPS) is 15.1. The Labute approximate surface area is 118 Å². The van der Waals surface area contributed by atoms with Gasteiger partial charge in [0.1, 0.15) is 0 Å². The minimum absolute atomic E-state index is 0.0298. The Morgan fingerprint density at radius 1 is 1.05 bits per heavy atom. The molecular weight excluding hydrogens is 278 g/mol. The topological polar surface area (TPSA) is 71.5 Å². The van der Waals surface area contributed by atoms with Gasteiger partial charge in [-0.2, -0.15) is 0 Å². The van der Waals surface area contributed by atoms with Crippen molar-refractivity contribution in [2.45, 2.75) is 13.8 Å². The third kappa shape index (κ3) is 2.90. The number of fused-ring (bicyclic) bond motifs is 1. The molecule has 0 atom stereocenters. The van der Waals surface area contributed by atoms with Crippen LogP contribution in [0.2, 0.25) is 0 Å². The van der Waals surface area contributed by atoms with Crippen LogP contribution in [0, 0.1) is 5.92 Å². The molecule has 1 aromatic rings. The molecule has 0 saturated carbocycles. The lowest BCUT2D eigenvalue weighted by molar-refractivity contribution is 0.0664. The molecule has 1 aliphatic heterocycles. The maximum absolute atomic E-state index is 12.1. The maximum atomic E-state index is 12.1. The van der Waals surface area contributed by atoms with Crippen LogP contribution >= 0.6 is 0 Å². The summed E-state index contributed by atoms with van der Waals surface area (Å²) in [7, 11) is -3.25. The Kier molecular flexibility index (Phi) is 3.94. The number of nitrogens with zero attached hydrogens (tertiary/aromatic N) is 1. The fraction of sp³-hybridized carbons (Fsp3) is 0.429. The van der Waals surface area contributed by atoms with Crippen LogP contribution in [0.5, 0.6) is 0 Å². The molecular formula is C14H17NO4S. The van der Waals surface area contributed by atoms with Crippen molar-refractivity contribution in [3.63, 3.8) is 0 Å². The van der Waals surface area contributed by atoms with E-state index in [1.807, 2.05) is 13.8 Å². The molecule has 0 N–H and O–H groups in total. The Morgan fingerprint density at radius 3 is 2.00 bits per heavy atom. The highest BCUT2D eigenvalue weighted by molar-refractivity contribution is 7.91. The van der Waals surface area contributed by atoms with E-state index in [1.54, 1.807) is 24.3 Å². The van der Waals surface area contributed by atoms with Crippen LogP contribution < -0.4 is 0 Å². The standard InChI is InChI=1S/C14H17NO4S/c1-10(2)9-20(18,19)8-7-15-13(16)11-5-3-4-6-12(11)14(15)17/h3-6,10H,7-9H2,1-2H3. The maximum Gasteiger partial charge on any atom is 0.261 e. The zero-order valence-corrected chi connectivity index (χ0v) is 12.3. The van der Waals surface area contributed by atoms with Gasteiger partial charge in [-0.1, -0.05) is 26.0 Å². The van der Waals surface area contributed by atoms with Crippen molar-refractivity contribution >= 4 is 21.7 Å². The highest BCUT2D eigenvalue weighted by Gasteiger charge is 2.35. The molecule has 0 unspecified atom stereocenters. The fourth-order valence-electron chi connectivity index (χ4n) is 2.26. The van der Waals surface area contributed by atoms with Crippen molar-refractivity contribution in [2.75, 3.05) is 18.1 Å². The minimum atomic E-state index is -3.25. The molecule has 0 spiro atoms. The average molecular weight is 295 g/mol. The number of rotatable bonds is 5. The molecule has 0 aliphatic carbocycles. The van der Waals surface area contributed by atoms with Crippen molar-refractivity contribution in [3.05, 3.63) is 35.4 Å². The molecule has 0 aromatic heterocycles. The third-order valence-corrected chi connectivity index (χ3v) is 5.07. The molecule has 2 amide bonds. The van der Waals surface area contributed by atoms with E-state index in [0.29, 0.717) is 11.1 Å². The summed E-state index contributed by atoms with van der Waals surface area (Å²) in [4.78, 5) is 25.1. The number of imide groups is 1. The second kappa shape index (κ2) is 5.36. The molecule has 0 fully saturated rings. The first-order chi connectivity index (χ1) is 9.32. The first kappa shape index (κ1) is 14.7. The van der Waals surface area contributed by atoms with Crippen molar-refractivity contribution in [2.24, 2.45) is 5.92 Å². The fourth-order valence-corrected chi connectivity index (χ4v) is 3.91. The van der Waals surface area contributed by atoms with E-state index in [0.717, 1.165) is 4.90 Å². The molecule has 1 aliphatic rings. The van der Waals surface area contributed by atoms with Gasteiger partial charge in [0.2, 0.25) is 0 Å². The van der Waals surface area contributed by atoms with Gasteiger partial charge in [-0.05, 0) is 18.1 Å². The predicted molar refractivity (Wildman–Crippen MR) is 75.3 cm³/mol. The minimum Gasteiger partial charge on any atom is -0.273 e. The van der Waals surface area contributed by atoms with Gasteiger partial charge in [-0.3, -0.25) is 14.5 Å². The van der Waals surface area contributed by atoms with Crippen molar-refractivity contribution < 1.29 is 18.0 Å². The Balaban J connectivity index is 2.10. The molecule has 0 saturated heterocycles. The van der Waals surface area contributed by atoms with Gasteiger partial charge < -0.3 is 0 Å². The zero-order valence-electron chi connectivity index (χ0n) is 11.5. The van der Waals surface area contributed by atoms with Gasteiger partial charge in [0.05, 0.1) is 22.6 Å². The molecule has 5 nitrogen and oxygen atoms in total. The molecule has 0 bridgehead atoms. The predicted octanol–water partition coefficient (Wildman–Crippen LogP) is 1.35. The highest BCUT2D eigenvalue weighted by atomic mass is 32.2. The summed E-state index contributed by atoms with van der Waals surface area (Å²) in [6.07, 6.45) is 0. The lowest BCUT2D eigenvalue weighted by Gasteiger charge is -2.14. The summed E-state index contributed by atoms with van der Waals surface area (Å²) in [5.74, 6) is -0.912. The quantitative estimate of drug-likeness (QED) is 0.769. The summed E-state index contributed by atoms with van der Waals surface area (Å²) in [6, 6.07) is 6.53. The van der Waals surface area contributed by atoms with Crippen LogP contribution in [0.15, 0.2) is 24.3 Å². The van der Waals surface area contributed by atoms with Crippen LogP contribution in [0.4, 0.5) is 0 Å². The third-order valence-electron chi connectivity index (χ3n) is 3.09. The highest BCUT2D eigenvalue weighted by Crippen LogP contribution is 2.22. The molecule has 20 heavy (non-hydrogen) atoms. The van der Waals surface area contributed by atoms with Crippen LogP contribution in [0.1, 0.15) is 34.6 Å². The van der Waals surface area contributed by atoms with Gasteiger partial charge in [-0.25, -0.2) is 8.42 Å². The molecule has 2 rings (SSSR count). The smallest absolute Gasteiger partial charge is 0.261 e. The molecule has 6 heteroatoms. The first-order valence-electron chi connectivity index (χ1n) is 6.47. The lowest BCUT2D eigenvalue weighted by atomic mass is 10.1. The van der Waals surface area contributed by atoms with E-state index in [1.165, 1.54) is 0 Å². The van der Waals surface area contributed by atoms with E-state index in [2.05, 4.69) is 0 Å². The number of hydrogen-bond acceptors (Lipinski definition) is 4. The second-order valence-electron chi connectivity index (χ2n) is 5.32. The largest absolute Gasteiger partial charge is 0.273 e. The zero-order chi connectivity index (χ0) is 14.9. The molecule has 108 valence electrons. The van der Waals surface area contributed by atoms with Crippen LogP contribution in [-0.2, 0) is 9.84 Å². The number of amides is 2. The van der Waals surface area contributed by atoms with E-state index in [4.69, 9.17) is 0 Å². The van der Waals surface area contributed by atoms with Crippen LogP contribution in [-0.4, -0.2) is 43.2 Å². The second-order valence-corrected chi connectivity index (χ2v) is 7.54. The van der Waals surface area contributed by atoms with Crippen molar-refractivity contribution in [3.8, 4) is 0 Å². The summed E-state index contributed by atoms with van der Waals surface area (Å²) >= 11 is 0. The number of sulfone groups is 1. The Bertz CT molecular complexity index is 614. The van der Waals surface area contributed by atoms with Crippen molar-refractivity contribution in [1.82, 2.24) is 4.90 Å². The van der Waals surface area contributed by atoms with Gasteiger partial charge in [0.15, 0.2) is 9.84 Å². The summed E-state index contributed by atoms with van der Waals surface area (Å²) in [5.41, 5.74) is 0.692. The van der Waals surface area contributed by atoms with Gasteiger partial charge >= 0.3 is 0 Å². The lowest BCUT2D eigenvalue weighted by Crippen LogP contribution is -2.35. The molecule has 1 heterocycles. The number of carbonyl (C=O) groups excluding carboxylic acids is 2. The number of hydrogen-bond donors (Lipinski definition) is 0. The SMILES string of the molecule is CC(C)CS(=O)(=O)CCN1C(=O)c2ccccc2C1=O. The monoisotopic (exact) mass is 295 g/mol. The Hall–Kier alpha value is -1.69. The molecule has 0 radical (unpaired) electrons. The van der Waals surface area contributed by atoms with Gasteiger partial charge in [-0.15, -0.1) is 0 Å². The number of carbonyl (C=O) groups is 2. The van der Waals surface area contributed by atoms with Crippen molar-refractivity contribution in [1.29, 1.82) is 0 Å². The van der Waals surface area contributed by atoms with E-state index in [-0.39, 0.29) is 24.0 Å². The van der Waals surface area contributed by atoms with Crippen LogP contribution in [0.3, 0.4) is 0 Å². The summed E-state index contributed by atoms with van der Waals surface area (Å²) in [5, 5.41) is 0. The van der Waals surface area contributed by atoms with Gasteiger partial charge in [0, 0.05) is 6.54 Å². The average Bonchev–Trinajstić information content (AvgIpc) is 2.59. The first-order valence-corrected chi connectivity index (χ1v) is 8.29. The van der Waals surface area contributed by atoms with Crippen LogP contribution in [0.25, 0.3) is 0 Å². The van der Waals surface area contributed by atoms with E-state index >= 15 is 0 Å². The Morgan fingerprint density at radius 2 is 1.55 bits per heavy atom. The number of benzene rings is 1. The van der Waals surface area contributed by atoms with Gasteiger partial charge in [0.25, 0.3) is 11.8 Å². The molecule has 1 aromatic carbocycles. The van der Waals surface area contributed by atoms with E-state index < -0.39 is 21.7 Å². The summed E-state index contributed by atoms with van der Waals surface area (Å²) in [6.45, 7) is 3.56. The van der Waals surface area contributed by atoms with E-state index in [9.17, 15) is 18.0 Å².